The van der Waals surface area contributed by atoms with Crippen molar-refractivity contribution in [1.29, 1.82) is 0 Å². The van der Waals surface area contributed by atoms with E-state index in [1.165, 1.54) is 12.1 Å². The van der Waals surface area contributed by atoms with E-state index in [1.54, 1.807) is 18.3 Å². The summed E-state index contributed by atoms with van der Waals surface area (Å²) in [5.74, 6) is -0.466. The molecule has 0 unspecified atom stereocenters. The number of hydrogen-bond donors (Lipinski definition) is 3. The van der Waals surface area contributed by atoms with Crippen LogP contribution in [-0.4, -0.2) is 25.9 Å². The number of fused-ring (bicyclic) bond motifs is 1. The summed E-state index contributed by atoms with van der Waals surface area (Å²) in [6, 6.07) is 13.7. The van der Waals surface area contributed by atoms with Gasteiger partial charge in [0.25, 0.3) is 10.2 Å². The van der Waals surface area contributed by atoms with Crippen molar-refractivity contribution in [3.8, 4) is 11.1 Å². The standard InChI is InChI=1S/C21H23FN4O3S/c22-18-9-7-15(8-10-18)17-13-16-5-4-11-24-21(16)19(14-17)26-20(27)6-2-1-3-12-25-30(23,28)29/h4-5,7-11,13-14,25H,1-3,6,12H2,(H,26,27)(H2,23,28,29). The second kappa shape index (κ2) is 9.75. The first kappa shape index (κ1) is 21.8. The van der Waals surface area contributed by atoms with Gasteiger partial charge in [-0.3, -0.25) is 9.78 Å². The zero-order valence-electron chi connectivity index (χ0n) is 16.3. The fourth-order valence-electron chi connectivity index (χ4n) is 3.11. The molecule has 1 amide bonds. The number of amides is 1. The lowest BCUT2D eigenvalue weighted by atomic mass is 10.0. The molecule has 0 aliphatic carbocycles. The lowest BCUT2D eigenvalue weighted by molar-refractivity contribution is -0.116. The summed E-state index contributed by atoms with van der Waals surface area (Å²) in [7, 11) is -3.68. The number of carbonyl (C=O) groups excluding carboxylic acids is 1. The first-order chi connectivity index (χ1) is 14.3. The zero-order valence-corrected chi connectivity index (χ0v) is 17.1. The summed E-state index contributed by atoms with van der Waals surface area (Å²) >= 11 is 0. The van der Waals surface area contributed by atoms with Crippen LogP contribution in [0, 0.1) is 5.82 Å². The largest absolute Gasteiger partial charge is 0.324 e. The van der Waals surface area contributed by atoms with Crippen LogP contribution in [0.4, 0.5) is 10.1 Å². The number of nitrogens with zero attached hydrogens (tertiary/aromatic N) is 1. The fraction of sp³-hybridized carbons (Fsp3) is 0.238. The molecule has 0 aliphatic rings. The monoisotopic (exact) mass is 430 g/mol. The van der Waals surface area contributed by atoms with E-state index in [1.807, 2.05) is 24.3 Å². The minimum Gasteiger partial charge on any atom is -0.324 e. The molecule has 1 heterocycles. The fourth-order valence-corrected chi connectivity index (χ4v) is 3.54. The van der Waals surface area contributed by atoms with E-state index in [9.17, 15) is 17.6 Å². The molecule has 3 rings (SSSR count). The maximum absolute atomic E-state index is 13.3. The van der Waals surface area contributed by atoms with E-state index in [0.717, 1.165) is 16.5 Å². The van der Waals surface area contributed by atoms with Crippen molar-refractivity contribution in [1.82, 2.24) is 9.71 Å². The van der Waals surface area contributed by atoms with Gasteiger partial charge in [0.2, 0.25) is 5.91 Å². The number of rotatable bonds is 9. The number of nitrogens with one attached hydrogen (secondary N) is 2. The molecule has 3 aromatic rings. The molecule has 0 spiro atoms. The normalized spacial score (nSPS) is 11.5. The number of halogens is 1. The topological polar surface area (TPSA) is 114 Å². The Balaban J connectivity index is 1.67. The van der Waals surface area contributed by atoms with Gasteiger partial charge in [0.05, 0.1) is 11.2 Å². The van der Waals surface area contributed by atoms with Gasteiger partial charge in [-0.05, 0) is 54.3 Å². The maximum Gasteiger partial charge on any atom is 0.274 e. The van der Waals surface area contributed by atoms with Gasteiger partial charge < -0.3 is 5.32 Å². The van der Waals surface area contributed by atoms with Gasteiger partial charge in [0.15, 0.2) is 0 Å². The Kier molecular flexibility index (Phi) is 7.09. The van der Waals surface area contributed by atoms with Crippen LogP contribution in [0.3, 0.4) is 0 Å². The lowest BCUT2D eigenvalue weighted by Gasteiger charge is -2.11. The number of carbonyl (C=O) groups is 1. The molecule has 0 fully saturated rings. The number of aromatic nitrogens is 1. The van der Waals surface area contributed by atoms with Crippen molar-refractivity contribution >= 4 is 32.7 Å². The molecule has 7 nitrogen and oxygen atoms in total. The number of benzene rings is 2. The second-order valence-electron chi connectivity index (χ2n) is 6.90. The molecule has 1 aromatic heterocycles. The van der Waals surface area contributed by atoms with Crippen LogP contribution in [0.5, 0.6) is 0 Å². The predicted molar refractivity (Wildman–Crippen MR) is 115 cm³/mol. The lowest BCUT2D eigenvalue weighted by Crippen LogP contribution is -2.31. The van der Waals surface area contributed by atoms with E-state index >= 15 is 0 Å². The highest BCUT2D eigenvalue weighted by molar-refractivity contribution is 7.87. The summed E-state index contributed by atoms with van der Waals surface area (Å²) in [4.78, 5) is 16.8. The molecule has 30 heavy (non-hydrogen) atoms. The van der Waals surface area contributed by atoms with Crippen molar-refractivity contribution in [3.63, 3.8) is 0 Å². The molecule has 0 radical (unpaired) electrons. The van der Waals surface area contributed by atoms with Gasteiger partial charge in [0, 0.05) is 24.5 Å². The third-order valence-corrected chi connectivity index (χ3v) is 5.15. The number of hydrogen-bond acceptors (Lipinski definition) is 4. The first-order valence-corrected chi connectivity index (χ1v) is 11.1. The van der Waals surface area contributed by atoms with Gasteiger partial charge in [-0.15, -0.1) is 0 Å². The van der Waals surface area contributed by atoms with Crippen LogP contribution in [0.15, 0.2) is 54.7 Å². The van der Waals surface area contributed by atoms with Crippen LogP contribution < -0.4 is 15.2 Å². The molecular weight excluding hydrogens is 407 g/mol. The number of anilines is 1. The van der Waals surface area contributed by atoms with Crippen molar-refractivity contribution in [3.05, 3.63) is 60.5 Å². The van der Waals surface area contributed by atoms with Gasteiger partial charge in [-0.25, -0.2) is 14.3 Å². The van der Waals surface area contributed by atoms with Gasteiger partial charge in [0.1, 0.15) is 5.82 Å². The van der Waals surface area contributed by atoms with E-state index < -0.39 is 10.2 Å². The molecular formula is C21H23FN4O3S. The number of nitrogens with two attached hydrogens (primary N) is 1. The third-order valence-electron chi connectivity index (χ3n) is 4.54. The molecule has 2 aromatic carbocycles. The van der Waals surface area contributed by atoms with E-state index in [2.05, 4.69) is 15.0 Å². The summed E-state index contributed by atoms with van der Waals surface area (Å²) in [6.45, 7) is 0.245. The van der Waals surface area contributed by atoms with Crippen molar-refractivity contribution in [2.75, 3.05) is 11.9 Å². The summed E-state index contributed by atoms with van der Waals surface area (Å²) in [5.41, 5.74) is 2.95. The van der Waals surface area contributed by atoms with Crippen molar-refractivity contribution in [2.45, 2.75) is 25.7 Å². The Morgan fingerprint density at radius 2 is 1.80 bits per heavy atom. The van der Waals surface area contributed by atoms with Gasteiger partial charge in [-0.2, -0.15) is 8.42 Å². The highest BCUT2D eigenvalue weighted by Crippen LogP contribution is 2.30. The smallest absolute Gasteiger partial charge is 0.274 e. The summed E-state index contributed by atoms with van der Waals surface area (Å²) < 4.78 is 37.1. The molecule has 4 N–H and O–H groups in total. The van der Waals surface area contributed by atoms with E-state index in [4.69, 9.17) is 5.14 Å². The Morgan fingerprint density at radius 1 is 1.03 bits per heavy atom. The molecule has 0 aliphatic heterocycles. The molecule has 0 atom stereocenters. The molecule has 158 valence electrons. The summed E-state index contributed by atoms with van der Waals surface area (Å²) in [6.07, 6.45) is 3.85. The van der Waals surface area contributed by atoms with Gasteiger partial charge >= 0.3 is 0 Å². The predicted octanol–water partition coefficient (Wildman–Crippen LogP) is 3.33. The highest BCUT2D eigenvalue weighted by Gasteiger charge is 2.10. The van der Waals surface area contributed by atoms with Crippen LogP contribution in [0.1, 0.15) is 25.7 Å². The average Bonchev–Trinajstić information content (AvgIpc) is 2.70. The SMILES string of the molecule is NS(=O)(=O)NCCCCCC(=O)Nc1cc(-c2ccc(F)cc2)cc2cccnc12. The highest BCUT2D eigenvalue weighted by atomic mass is 32.2. The van der Waals surface area contributed by atoms with E-state index in [0.29, 0.717) is 36.9 Å². The van der Waals surface area contributed by atoms with Crippen LogP contribution in [-0.2, 0) is 15.0 Å². The minimum atomic E-state index is -3.68. The van der Waals surface area contributed by atoms with Crippen molar-refractivity contribution < 1.29 is 17.6 Å². The molecule has 0 saturated carbocycles. The second-order valence-corrected chi connectivity index (χ2v) is 8.28. The number of unbranched alkanes of at least 4 members (excludes halogenated alkanes) is 2. The van der Waals surface area contributed by atoms with Crippen LogP contribution in [0.25, 0.3) is 22.0 Å². The quantitative estimate of drug-likeness (QED) is 0.452. The minimum absolute atomic E-state index is 0.155. The molecule has 0 saturated heterocycles. The Bertz CT molecular complexity index is 1130. The maximum atomic E-state index is 13.3. The van der Waals surface area contributed by atoms with Crippen LogP contribution >= 0.6 is 0 Å². The first-order valence-electron chi connectivity index (χ1n) is 9.54. The Morgan fingerprint density at radius 3 is 2.53 bits per heavy atom. The average molecular weight is 431 g/mol. The van der Waals surface area contributed by atoms with E-state index in [-0.39, 0.29) is 18.3 Å². The van der Waals surface area contributed by atoms with Crippen LogP contribution in [0.2, 0.25) is 0 Å². The summed E-state index contributed by atoms with van der Waals surface area (Å²) in [5, 5.41) is 8.64. The Labute approximate surface area is 174 Å². The molecule has 0 bridgehead atoms. The third kappa shape index (κ3) is 6.31. The Hall–Kier alpha value is -2.88. The number of pyridine rings is 1. The zero-order chi connectivity index (χ0) is 21.6. The van der Waals surface area contributed by atoms with Crippen molar-refractivity contribution in [2.24, 2.45) is 5.14 Å². The molecule has 9 heteroatoms. The van der Waals surface area contributed by atoms with Gasteiger partial charge in [-0.1, -0.05) is 24.6 Å².